The molecule has 0 aliphatic heterocycles. The molecule has 4 aromatic rings. The van der Waals surface area contributed by atoms with Crippen molar-refractivity contribution in [2.75, 3.05) is 16.8 Å². The van der Waals surface area contributed by atoms with Crippen molar-refractivity contribution in [3.05, 3.63) is 95.4 Å². The molecule has 2 aromatic carbocycles. The van der Waals surface area contributed by atoms with E-state index < -0.39 is 11.9 Å². The van der Waals surface area contributed by atoms with Crippen molar-refractivity contribution < 1.29 is 17.9 Å². The first-order chi connectivity index (χ1) is 16.8. The number of pyridine rings is 1. The number of ether oxygens (including phenoxy) is 1. The van der Waals surface area contributed by atoms with E-state index in [2.05, 4.69) is 20.3 Å². The summed E-state index contributed by atoms with van der Waals surface area (Å²) in [7, 11) is 0. The first kappa shape index (κ1) is 24.0. The van der Waals surface area contributed by atoms with E-state index in [1.807, 2.05) is 54.6 Å². The number of nitrogens with zero attached hydrogens (tertiary/aromatic N) is 3. The van der Waals surface area contributed by atoms with E-state index in [1.54, 1.807) is 0 Å². The van der Waals surface area contributed by atoms with Crippen molar-refractivity contribution in [3.63, 3.8) is 0 Å². The summed E-state index contributed by atoms with van der Waals surface area (Å²) in [5.41, 5.74) is 15.5. The average Bonchev–Trinajstić information content (AvgIpc) is 2.83. The van der Waals surface area contributed by atoms with Crippen molar-refractivity contribution in [3.8, 4) is 11.1 Å². The van der Waals surface area contributed by atoms with Crippen LogP contribution in [0.4, 0.5) is 30.6 Å². The van der Waals surface area contributed by atoms with Gasteiger partial charge in [0.1, 0.15) is 11.5 Å². The Labute approximate surface area is 200 Å². The molecule has 0 aliphatic carbocycles. The van der Waals surface area contributed by atoms with Crippen LogP contribution in [-0.2, 0) is 30.7 Å². The van der Waals surface area contributed by atoms with Gasteiger partial charge in [-0.3, -0.25) is 4.98 Å². The minimum absolute atomic E-state index is 0.0630. The monoisotopic (exact) mass is 480 g/mol. The Morgan fingerprint density at radius 3 is 2.23 bits per heavy atom. The van der Waals surface area contributed by atoms with Gasteiger partial charge in [0.2, 0.25) is 5.95 Å². The van der Waals surface area contributed by atoms with E-state index >= 15 is 0 Å². The third kappa shape index (κ3) is 6.24. The first-order valence-corrected chi connectivity index (χ1v) is 10.7. The lowest BCUT2D eigenvalue weighted by Gasteiger charge is -2.14. The smallest absolute Gasteiger partial charge is 0.383 e. The second-order valence-corrected chi connectivity index (χ2v) is 7.75. The van der Waals surface area contributed by atoms with Crippen LogP contribution in [0.25, 0.3) is 11.1 Å². The lowest BCUT2D eigenvalue weighted by atomic mass is 10.0. The van der Waals surface area contributed by atoms with Crippen molar-refractivity contribution in [2.24, 2.45) is 0 Å². The molecule has 7 nitrogen and oxygen atoms in total. The summed E-state index contributed by atoms with van der Waals surface area (Å²) in [5, 5.41) is 3.16. The molecule has 0 unspecified atom stereocenters. The fourth-order valence-electron chi connectivity index (χ4n) is 3.46. The van der Waals surface area contributed by atoms with Crippen LogP contribution >= 0.6 is 0 Å². The van der Waals surface area contributed by atoms with E-state index in [0.717, 1.165) is 22.9 Å². The number of benzene rings is 2. The summed E-state index contributed by atoms with van der Waals surface area (Å²) in [4.78, 5) is 11.9. The average molecular weight is 480 g/mol. The second kappa shape index (κ2) is 10.4. The van der Waals surface area contributed by atoms with Crippen molar-refractivity contribution in [1.29, 1.82) is 0 Å². The minimum Gasteiger partial charge on any atom is -0.383 e. The van der Waals surface area contributed by atoms with Gasteiger partial charge in [0, 0.05) is 24.0 Å². The molecule has 2 heterocycles. The molecule has 5 N–H and O–H groups in total. The van der Waals surface area contributed by atoms with Gasteiger partial charge in [-0.05, 0) is 34.9 Å². The molecule has 180 valence electrons. The number of rotatable bonds is 8. The number of alkyl halides is 3. The molecule has 0 saturated carbocycles. The fourth-order valence-corrected chi connectivity index (χ4v) is 3.46. The normalized spacial score (nSPS) is 11.4. The van der Waals surface area contributed by atoms with Crippen LogP contribution in [0.5, 0.6) is 0 Å². The third-order valence-electron chi connectivity index (χ3n) is 5.16. The number of halogens is 3. The SMILES string of the molecule is Nc1nc(N)c(-c2ccc(NCc3ccc(C(F)(F)F)nc3)cc2)c(COCc2ccccc2)n1. The zero-order valence-electron chi connectivity index (χ0n) is 18.6. The quantitative estimate of drug-likeness (QED) is 0.323. The summed E-state index contributed by atoms with van der Waals surface area (Å²) in [5.74, 6) is 0.306. The molecular formula is C25H23F3N6O. The maximum Gasteiger partial charge on any atom is 0.433 e. The summed E-state index contributed by atoms with van der Waals surface area (Å²) in [6.07, 6.45) is -3.25. The van der Waals surface area contributed by atoms with Gasteiger partial charge in [-0.1, -0.05) is 48.5 Å². The predicted molar refractivity (Wildman–Crippen MR) is 128 cm³/mol. The lowest BCUT2D eigenvalue weighted by Crippen LogP contribution is -2.09. The van der Waals surface area contributed by atoms with Crippen molar-refractivity contribution >= 4 is 17.5 Å². The number of hydrogen-bond donors (Lipinski definition) is 3. The van der Waals surface area contributed by atoms with Gasteiger partial charge in [-0.2, -0.15) is 18.2 Å². The molecule has 0 radical (unpaired) electrons. The Morgan fingerprint density at radius 2 is 1.57 bits per heavy atom. The summed E-state index contributed by atoms with van der Waals surface area (Å²) >= 11 is 0. The molecule has 0 bridgehead atoms. The Bertz CT molecular complexity index is 1260. The zero-order chi connectivity index (χ0) is 24.8. The molecule has 0 spiro atoms. The highest BCUT2D eigenvalue weighted by Gasteiger charge is 2.31. The minimum atomic E-state index is -4.46. The summed E-state index contributed by atoms with van der Waals surface area (Å²) in [6.45, 7) is 0.921. The van der Waals surface area contributed by atoms with E-state index in [-0.39, 0.29) is 18.4 Å². The van der Waals surface area contributed by atoms with Gasteiger partial charge in [-0.25, -0.2) is 4.98 Å². The summed E-state index contributed by atoms with van der Waals surface area (Å²) in [6, 6.07) is 19.5. The highest BCUT2D eigenvalue weighted by Crippen LogP contribution is 2.30. The molecule has 10 heteroatoms. The van der Waals surface area contributed by atoms with Crippen molar-refractivity contribution in [1.82, 2.24) is 15.0 Å². The molecule has 0 aliphatic rings. The van der Waals surface area contributed by atoms with Gasteiger partial charge in [0.25, 0.3) is 0 Å². The first-order valence-electron chi connectivity index (χ1n) is 10.7. The van der Waals surface area contributed by atoms with Gasteiger partial charge in [0.05, 0.1) is 18.9 Å². The Balaban J connectivity index is 1.44. The predicted octanol–water partition coefficient (Wildman–Crippen LogP) is 5.05. The van der Waals surface area contributed by atoms with Crippen LogP contribution in [0.2, 0.25) is 0 Å². The molecule has 4 rings (SSSR count). The standard InChI is InChI=1S/C25H23F3N6O/c26-25(27,28)21-11-6-17(13-32-21)12-31-19-9-7-18(8-10-19)22-20(33-24(30)34-23(22)29)15-35-14-16-4-2-1-3-5-16/h1-11,13,31H,12,14-15H2,(H4,29,30,33,34). The van der Waals surface area contributed by atoms with E-state index in [9.17, 15) is 13.2 Å². The van der Waals surface area contributed by atoms with Crippen LogP contribution < -0.4 is 16.8 Å². The van der Waals surface area contributed by atoms with Gasteiger partial charge < -0.3 is 21.5 Å². The number of aromatic nitrogens is 3. The maximum atomic E-state index is 12.7. The van der Waals surface area contributed by atoms with Crippen LogP contribution in [0, 0.1) is 0 Å². The second-order valence-electron chi connectivity index (χ2n) is 7.75. The lowest BCUT2D eigenvalue weighted by molar-refractivity contribution is -0.141. The molecule has 2 aromatic heterocycles. The van der Waals surface area contributed by atoms with Crippen molar-refractivity contribution in [2.45, 2.75) is 25.9 Å². The Kier molecular flexibility index (Phi) is 7.11. The Hall–Kier alpha value is -4.18. The molecule has 0 saturated heterocycles. The molecular weight excluding hydrogens is 457 g/mol. The summed E-state index contributed by atoms with van der Waals surface area (Å²) < 4.78 is 43.8. The maximum absolute atomic E-state index is 12.7. The molecule has 0 amide bonds. The van der Waals surface area contributed by atoms with Gasteiger partial charge >= 0.3 is 6.18 Å². The number of nitrogens with one attached hydrogen (secondary N) is 1. The number of nitrogen functional groups attached to an aromatic ring is 2. The van der Waals surface area contributed by atoms with Crippen LogP contribution in [-0.4, -0.2) is 15.0 Å². The topological polar surface area (TPSA) is 112 Å². The molecule has 0 fully saturated rings. The van der Waals surface area contributed by atoms with E-state index in [0.29, 0.717) is 30.0 Å². The van der Waals surface area contributed by atoms with E-state index in [1.165, 1.54) is 12.3 Å². The number of anilines is 3. The molecule has 35 heavy (non-hydrogen) atoms. The zero-order valence-corrected chi connectivity index (χ0v) is 18.6. The largest absolute Gasteiger partial charge is 0.433 e. The highest BCUT2D eigenvalue weighted by atomic mass is 19.4. The Morgan fingerprint density at radius 1 is 0.829 bits per heavy atom. The van der Waals surface area contributed by atoms with Crippen LogP contribution in [0.15, 0.2) is 72.9 Å². The highest BCUT2D eigenvalue weighted by molar-refractivity contribution is 5.77. The van der Waals surface area contributed by atoms with Gasteiger partial charge in [0.15, 0.2) is 0 Å². The van der Waals surface area contributed by atoms with Crippen LogP contribution in [0.3, 0.4) is 0 Å². The fraction of sp³-hybridized carbons (Fsp3) is 0.160. The molecule has 0 atom stereocenters. The number of nitrogens with two attached hydrogens (primary N) is 2. The van der Waals surface area contributed by atoms with Crippen LogP contribution in [0.1, 0.15) is 22.5 Å². The van der Waals surface area contributed by atoms with Gasteiger partial charge in [-0.15, -0.1) is 0 Å². The van der Waals surface area contributed by atoms with E-state index in [4.69, 9.17) is 16.2 Å². The third-order valence-corrected chi connectivity index (χ3v) is 5.16. The number of hydrogen-bond acceptors (Lipinski definition) is 7.